The number of hydrogen-bond donors (Lipinski definition) is 0. The third-order valence-electron chi connectivity index (χ3n) is 6.64. The number of nitrogens with zero attached hydrogens (tertiary/aromatic N) is 3. The minimum Gasteiger partial charge on any atom is -0.374 e. The summed E-state index contributed by atoms with van der Waals surface area (Å²) < 4.78 is 7.55. The van der Waals surface area contributed by atoms with E-state index >= 15 is 0 Å². The molecule has 1 aromatic heterocycles. The zero-order chi connectivity index (χ0) is 22.1. The molecule has 1 saturated carbocycles. The molecule has 2 heterocycles. The normalized spacial score (nSPS) is 22.2. The molecule has 2 fully saturated rings. The Morgan fingerprint density at radius 1 is 0.969 bits per heavy atom. The van der Waals surface area contributed by atoms with Crippen LogP contribution in [0.3, 0.4) is 0 Å². The summed E-state index contributed by atoms with van der Waals surface area (Å²) in [6.07, 6.45) is 3.76. The van der Waals surface area contributed by atoms with Gasteiger partial charge in [0.15, 0.2) is 5.78 Å². The molecule has 3 atom stereocenters. The van der Waals surface area contributed by atoms with Crippen molar-refractivity contribution in [2.75, 3.05) is 13.1 Å². The Balaban J connectivity index is 1.14. The van der Waals surface area contributed by atoms with Gasteiger partial charge in [0.05, 0.1) is 12.7 Å². The second kappa shape index (κ2) is 8.71. The van der Waals surface area contributed by atoms with E-state index in [0.717, 1.165) is 25.9 Å². The first-order valence-electron chi connectivity index (χ1n) is 11.2. The smallest absolute Gasteiger partial charge is 0.344 e. The van der Waals surface area contributed by atoms with E-state index in [2.05, 4.69) is 53.6 Å². The van der Waals surface area contributed by atoms with E-state index in [-0.39, 0.29) is 17.9 Å². The SMILES string of the molecule is CC(=O)c1ccn(C(=O)N2C[C@H]3C[C@H](OCc4cccc(-c5ccccc5)c4)C[C@H]3C2)n1. The van der Waals surface area contributed by atoms with Gasteiger partial charge in [-0.25, -0.2) is 4.79 Å². The summed E-state index contributed by atoms with van der Waals surface area (Å²) in [4.78, 5) is 26.0. The largest absolute Gasteiger partial charge is 0.374 e. The van der Waals surface area contributed by atoms with Crippen molar-refractivity contribution in [3.8, 4) is 11.1 Å². The van der Waals surface area contributed by atoms with E-state index < -0.39 is 0 Å². The summed E-state index contributed by atoms with van der Waals surface area (Å²) >= 11 is 0. The topological polar surface area (TPSA) is 64.4 Å². The van der Waals surface area contributed by atoms with E-state index in [1.54, 1.807) is 12.3 Å². The molecule has 0 bridgehead atoms. The highest BCUT2D eigenvalue weighted by Gasteiger charge is 2.43. The van der Waals surface area contributed by atoms with Crippen LogP contribution in [0.25, 0.3) is 11.1 Å². The highest BCUT2D eigenvalue weighted by molar-refractivity contribution is 5.92. The molecule has 1 amide bonds. The monoisotopic (exact) mass is 429 g/mol. The van der Waals surface area contributed by atoms with Crippen molar-refractivity contribution in [2.24, 2.45) is 11.8 Å². The van der Waals surface area contributed by atoms with Crippen molar-refractivity contribution in [3.63, 3.8) is 0 Å². The molecule has 2 aliphatic rings. The van der Waals surface area contributed by atoms with Gasteiger partial charge < -0.3 is 9.64 Å². The lowest BCUT2D eigenvalue weighted by molar-refractivity contribution is 0.0383. The fourth-order valence-corrected chi connectivity index (χ4v) is 4.99. The molecule has 6 heteroatoms. The molecular formula is C26H27N3O3. The first kappa shape index (κ1) is 20.6. The zero-order valence-corrected chi connectivity index (χ0v) is 18.2. The summed E-state index contributed by atoms with van der Waals surface area (Å²) in [6, 6.07) is 20.3. The van der Waals surface area contributed by atoms with Gasteiger partial charge in [0.2, 0.25) is 0 Å². The van der Waals surface area contributed by atoms with Crippen molar-refractivity contribution >= 4 is 11.8 Å². The Morgan fingerprint density at radius 2 is 1.69 bits per heavy atom. The molecule has 2 aromatic carbocycles. The van der Waals surface area contributed by atoms with Gasteiger partial charge in [0, 0.05) is 26.2 Å². The van der Waals surface area contributed by atoms with Crippen molar-refractivity contribution < 1.29 is 14.3 Å². The van der Waals surface area contributed by atoms with Gasteiger partial charge in [-0.2, -0.15) is 9.78 Å². The molecule has 1 aliphatic heterocycles. The molecule has 1 aliphatic carbocycles. The standard InChI is InChI=1S/C26H27N3O3/c1-18(30)25-10-11-29(27-25)26(31)28-15-22-13-24(14-23(22)16-28)32-17-19-6-5-9-21(12-19)20-7-3-2-4-8-20/h2-12,22-24H,13-17H2,1H3/t22-,23+,24+. The van der Waals surface area contributed by atoms with Crippen molar-refractivity contribution in [1.82, 2.24) is 14.7 Å². The zero-order valence-electron chi connectivity index (χ0n) is 18.2. The van der Waals surface area contributed by atoms with Gasteiger partial charge in [-0.15, -0.1) is 0 Å². The number of fused-ring (bicyclic) bond motifs is 1. The lowest BCUT2D eigenvalue weighted by Crippen LogP contribution is -2.34. The van der Waals surface area contributed by atoms with Gasteiger partial charge in [-0.1, -0.05) is 48.5 Å². The summed E-state index contributed by atoms with van der Waals surface area (Å²) in [5.74, 6) is 0.786. The third kappa shape index (κ3) is 4.23. The molecule has 0 N–H and O–H groups in total. The molecule has 0 radical (unpaired) electrons. The van der Waals surface area contributed by atoms with Crippen LogP contribution < -0.4 is 0 Å². The van der Waals surface area contributed by atoms with E-state index in [1.165, 1.54) is 28.3 Å². The van der Waals surface area contributed by atoms with Crippen LogP contribution in [0.2, 0.25) is 0 Å². The van der Waals surface area contributed by atoms with Gasteiger partial charge >= 0.3 is 6.03 Å². The number of ketones is 1. The number of Topliss-reactive ketones (excluding diaryl/α,β-unsaturated/α-hetero) is 1. The maximum Gasteiger partial charge on any atom is 0.344 e. The van der Waals surface area contributed by atoms with Crippen LogP contribution in [0.1, 0.15) is 35.8 Å². The van der Waals surface area contributed by atoms with Crippen molar-refractivity contribution in [3.05, 3.63) is 78.1 Å². The molecule has 0 unspecified atom stereocenters. The number of aromatic nitrogens is 2. The average molecular weight is 430 g/mol. The molecular weight excluding hydrogens is 402 g/mol. The molecule has 5 rings (SSSR count). The third-order valence-corrected chi connectivity index (χ3v) is 6.64. The fourth-order valence-electron chi connectivity index (χ4n) is 4.99. The fraction of sp³-hybridized carbons (Fsp3) is 0.346. The Hall–Kier alpha value is -3.25. The number of amides is 1. The van der Waals surface area contributed by atoms with Crippen molar-refractivity contribution in [1.29, 1.82) is 0 Å². The van der Waals surface area contributed by atoms with Crippen LogP contribution in [0, 0.1) is 11.8 Å². The molecule has 32 heavy (non-hydrogen) atoms. The van der Waals surface area contributed by atoms with Crippen molar-refractivity contribution in [2.45, 2.75) is 32.5 Å². The Bertz CT molecular complexity index is 1110. The quantitative estimate of drug-likeness (QED) is 0.554. The Labute approximate surface area is 187 Å². The van der Waals surface area contributed by atoms with Crippen LogP contribution in [0.5, 0.6) is 0 Å². The molecule has 0 spiro atoms. The number of benzene rings is 2. The number of ether oxygens (including phenoxy) is 1. The second-order valence-electron chi connectivity index (χ2n) is 8.88. The van der Waals surface area contributed by atoms with Gasteiger partial charge in [-0.05, 0) is 53.5 Å². The second-order valence-corrected chi connectivity index (χ2v) is 8.88. The van der Waals surface area contributed by atoms with E-state index in [1.807, 2.05) is 11.0 Å². The number of carbonyl (C=O) groups is 2. The highest BCUT2D eigenvalue weighted by Crippen LogP contribution is 2.40. The minimum atomic E-state index is -0.151. The first-order chi connectivity index (χ1) is 15.6. The number of carbonyl (C=O) groups excluding carboxylic acids is 2. The molecule has 3 aromatic rings. The Kier molecular flexibility index (Phi) is 5.62. The lowest BCUT2D eigenvalue weighted by atomic mass is 10.0. The van der Waals surface area contributed by atoms with Gasteiger partial charge in [0.25, 0.3) is 0 Å². The summed E-state index contributed by atoms with van der Waals surface area (Å²) in [5.41, 5.74) is 3.92. The number of likely N-dealkylation sites (tertiary alicyclic amines) is 1. The number of rotatable bonds is 5. The van der Waals surface area contributed by atoms with E-state index in [4.69, 9.17) is 4.74 Å². The minimum absolute atomic E-state index is 0.135. The van der Waals surface area contributed by atoms with Crippen LogP contribution >= 0.6 is 0 Å². The summed E-state index contributed by atoms with van der Waals surface area (Å²) in [6.45, 7) is 3.51. The summed E-state index contributed by atoms with van der Waals surface area (Å²) in [7, 11) is 0. The van der Waals surface area contributed by atoms with Crippen LogP contribution in [-0.4, -0.2) is 45.7 Å². The maximum absolute atomic E-state index is 12.7. The lowest BCUT2D eigenvalue weighted by Gasteiger charge is -2.19. The van der Waals surface area contributed by atoms with E-state index in [0.29, 0.717) is 24.1 Å². The predicted molar refractivity (Wildman–Crippen MR) is 121 cm³/mol. The van der Waals surface area contributed by atoms with Crippen LogP contribution in [0.15, 0.2) is 66.9 Å². The van der Waals surface area contributed by atoms with E-state index in [9.17, 15) is 9.59 Å². The van der Waals surface area contributed by atoms with Crippen LogP contribution in [-0.2, 0) is 11.3 Å². The number of hydrogen-bond acceptors (Lipinski definition) is 4. The van der Waals surface area contributed by atoms with Crippen LogP contribution in [0.4, 0.5) is 4.79 Å². The predicted octanol–water partition coefficient (Wildman–Crippen LogP) is 4.65. The first-order valence-corrected chi connectivity index (χ1v) is 11.2. The molecule has 164 valence electrons. The van der Waals surface area contributed by atoms with Gasteiger partial charge in [-0.3, -0.25) is 4.79 Å². The average Bonchev–Trinajstić information content (AvgIpc) is 3.53. The van der Waals surface area contributed by atoms with Gasteiger partial charge in [0.1, 0.15) is 5.69 Å². The molecule has 1 saturated heterocycles. The maximum atomic E-state index is 12.7. The molecule has 6 nitrogen and oxygen atoms in total. The highest BCUT2D eigenvalue weighted by atomic mass is 16.5. The summed E-state index contributed by atoms with van der Waals surface area (Å²) in [5, 5.41) is 4.11. The Morgan fingerprint density at radius 3 is 2.38 bits per heavy atom.